The Bertz CT molecular complexity index is 342. The number of carbonyl (C=O) groups excluding carboxylic acids is 1. The van der Waals surface area contributed by atoms with E-state index in [0.717, 1.165) is 25.9 Å². The highest BCUT2D eigenvalue weighted by atomic mass is 16.6. The first-order valence-corrected chi connectivity index (χ1v) is 6.22. The molecule has 96 valence electrons. The van der Waals surface area contributed by atoms with Crippen LogP contribution in [-0.4, -0.2) is 49.1 Å². The minimum atomic E-state index is -0.507. The number of rotatable bonds is 2. The Balaban J connectivity index is 1.95. The second-order valence-corrected chi connectivity index (χ2v) is 5.61. The zero-order valence-electron chi connectivity index (χ0n) is 10.1. The van der Waals surface area contributed by atoms with Crippen molar-refractivity contribution in [3.05, 3.63) is 0 Å². The fourth-order valence-corrected chi connectivity index (χ4v) is 4.04. The van der Waals surface area contributed by atoms with Gasteiger partial charge in [0, 0.05) is 0 Å². The molecule has 5 heteroatoms. The summed E-state index contributed by atoms with van der Waals surface area (Å²) in [6.45, 7) is 1.72. The molecule has 3 heterocycles. The second-order valence-electron chi connectivity index (χ2n) is 5.61. The van der Waals surface area contributed by atoms with Crippen LogP contribution in [-0.2, 0) is 14.3 Å². The van der Waals surface area contributed by atoms with Crippen molar-refractivity contribution in [3.8, 4) is 0 Å². The van der Waals surface area contributed by atoms with E-state index in [1.807, 2.05) is 0 Å². The van der Waals surface area contributed by atoms with Gasteiger partial charge in [-0.1, -0.05) is 0 Å². The summed E-state index contributed by atoms with van der Waals surface area (Å²) < 4.78 is 11.1. The summed E-state index contributed by atoms with van der Waals surface area (Å²) in [5, 5.41) is 12.7. The number of piperidine rings is 1. The molecule has 0 radical (unpaired) electrons. The van der Waals surface area contributed by atoms with Crippen molar-refractivity contribution in [1.82, 2.24) is 5.32 Å². The van der Waals surface area contributed by atoms with Gasteiger partial charge in [0.2, 0.25) is 0 Å². The molecule has 4 rings (SSSR count). The average Bonchev–Trinajstić information content (AvgIpc) is 2.74. The molecule has 4 fully saturated rings. The van der Waals surface area contributed by atoms with Crippen LogP contribution in [0.5, 0.6) is 0 Å². The molecule has 3 aliphatic heterocycles. The van der Waals surface area contributed by atoms with Crippen LogP contribution < -0.4 is 5.32 Å². The maximum absolute atomic E-state index is 12.1. The van der Waals surface area contributed by atoms with Gasteiger partial charge in [-0.15, -0.1) is 0 Å². The first kappa shape index (κ1) is 11.4. The minimum absolute atomic E-state index is 0.000916. The van der Waals surface area contributed by atoms with E-state index in [-0.39, 0.29) is 12.6 Å². The first-order chi connectivity index (χ1) is 8.12. The van der Waals surface area contributed by atoms with Crippen molar-refractivity contribution in [1.29, 1.82) is 0 Å². The molecule has 0 aromatic rings. The van der Waals surface area contributed by atoms with Gasteiger partial charge in [0.1, 0.15) is 5.41 Å². The monoisotopic (exact) mass is 241 g/mol. The lowest BCUT2D eigenvalue weighted by Gasteiger charge is -2.46. The predicted molar refractivity (Wildman–Crippen MR) is 59.4 cm³/mol. The molecular weight excluding hydrogens is 222 g/mol. The van der Waals surface area contributed by atoms with Gasteiger partial charge in [-0.2, -0.15) is 0 Å². The molecule has 3 saturated heterocycles. The molecule has 0 atom stereocenters. The standard InChI is InChI=1S/C12H19NO4/c1-16-9(15)11-6-10(7-11,8-14)17-12(11)2-4-13-5-3-12/h13-14H,2-8H2,1H3. The van der Waals surface area contributed by atoms with Crippen LogP contribution in [0.15, 0.2) is 0 Å². The van der Waals surface area contributed by atoms with Crippen molar-refractivity contribution in [2.24, 2.45) is 5.41 Å². The van der Waals surface area contributed by atoms with Gasteiger partial charge in [-0.05, 0) is 38.8 Å². The summed E-state index contributed by atoms with van der Waals surface area (Å²) in [5.41, 5.74) is -1.40. The highest BCUT2D eigenvalue weighted by Gasteiger charge is 2.78. The van der Waals surface area contributed by atoms with E-state index >= 15 is 0 Å². The number of aliphatic hydroxyl groups is 1. The fraction of sp³-hybridized carbons (Fsp3) is 0.917. The van der Waals surface area contributed by atoms with Crippen LogP contribution in [0.4, 0.5) is 0 Å². The van der Waals surface area contributed by atoms with E-state index in [4.69, 9.17) is 9.47 Å². The van der Waals surface area contributed by atoms with Crippen molar-refractivity contribution >= 4 is 5.97 Å². The van der Waals surface area contributed by atoms with E-state index in [9.17, 15) is 9.90 Å². The number of ether oxygens (including phenoxy) is 2. The topological polar surface area (TPSA) is 67.8 Å². The number of carbonyl (C=O) groups is 1. The maximum Gasteiger partial charge on any atom is 0.314 e. The number of methoxy groups -OCH3 is 1. The Morgan fingerprint density at radius 1 is 1.41 bits per heavy atom. The molecular formula is C12H19NO4. The molecule has 0 aromatic carbocycles. The van der Waals surface area contributed by atoms with E-state index in [2.05, 4.69) is 5.32 Å². The molecule has 5 nitrogen and oxygen atoms in total. The Hall–Kier alpha value is -0.650. The number of esters is 1. The number of hydrogen-bond acceptors (Lipinski definition) is 5. The predicted octanol–water partition coefficient (Wildman–Crippen LogP) is -0.177. The summed E-state index contributed by atoms with van der Waals surface area (Å²) in [6.07, 6.45) is 2.88. The largest absolute Gasteiger partial charge is 0.469 e. The Kier molecular flexibility index (Phi) is 2.31. The summed E-state index contributed by atoms with van der Waals surface area (Å²) in [5.74, 6) is -0.166. The molecule has 0 aromatic heterocycles. The molecule has 17 heavy (non-hydrogen) atoms. The normalized spacial score (nSPS) is 42.2. The molecule has 4 aliphatic rings. The SMILES string of the molecule is COC(=O)C12CC(CO)(C1)OC21CCNCC1. The lowest BCUT2D eigenvalue weighted by molar-refractivity contribution is -0.163. The van der Waals surface area contributed by atoms with Gasteiger partial charge in [-0.25, -0.2) is 0 Å². The van der Waals surface area contributed by atoms with Crippen LogP contribution in [0.1, 0.15) is 25.7 Å². The van der Waals surface area contributed by atoms with E-state index in [1.54, 1.807) is 0 Å². The molecule has 1 saturated carbocycles. The highest BCUT2D eigenvalue weighted by molar-refractivity contribution is 5.81. The van der Waals surface area contributed by atoms with E-state index in [1.165, 1.54) is 7.11 Å². The van der Waals surface area contributed by atoms with Crippen molar-refractivity contribution in [2.75, 3.05) is 26.8 Å². The van der Waals surface area contributed by atoms with Crippen molar-refractivity contribution in [2.45, 2.75) is 36.9 Å². The van der Waals surface area contributed by atoms with Crippen LogP contribution in [0.2, 0.25) is 0 Å². The third-order valence-corrected chi connectivity index (χ3v) is 4.81. The average molecular weight is 241 g/mol. The Labute approximate surface area is 100 Å². The van der Waals surface area contributed by atoms with Crippen LogP contribution in [0.3, 0.4) is 0 Å². The summed E-state index contributed by atoms with van der Waals surface area (Å²) >= 11 is 0. The second kappa shape index (κ2) is 3.43. The van der Waals surface area contributed by atoms with Crippen molar-refractivity contribution in [3.63, 3.8) is 0 Å². The summed E-state index contributed by atoms with van der Waals surface area (Å²) in [7, 11) is 1.43. The van der Waals surface area contributed by atoms with Gasteiger partial charge >= 0.3 is 5.97 Å². The van der Waals surface area contributed by atoms with E-state index < -0.39 is 16.6 Å². The number of hydrogen-bond donors (Lipinski definition) is 2. The smallest absolute Gasteiger partial charge is 0.314 e. The minimum Gasteiger partial charge on any atom is -0.469 e. The Morgan fingerprint density at radius 2 is 2.06 bits per heavy atom. The third kappa shape index (κ3) is 1.22. The zero-order valence-corrected chi connectivity index (χ0v) is 10.1. The number of nitrogens with one attached hydrogen (secondary N) is 1. The van der Waals surface area contributed by atoms with Gasteiger partial charge in [0.15, 0.2) is 0 Å². The molecule has 0 unspecified atom stereocenters. The molecule has 2 N–H and O–H groups in total. The van der Waals surface area contributed by atoms with Crippen molar-refractivity contribution < 1.29 is 19.4 Å². The van der Waals surface area contributed by atoms with Crippen LogP contribution >= 0.6 is 0 Å². The maximum atomic E-state index is 12.1. The van der Waals surface area contributed by atoms with Gasteiger partial charge < -0.3 is 19.9 Å². The highest BCUT2D eigenvalue weighted by Crippen LogP contribution is 2.69. The summed E-state index contributed by atoms with van der Waals surface area (Å²) in [6, 6.07) is 0. The fourth-order valence-electron chi connectivity index (χ4n) is 4.04. The lowest BCUT2D eigenvalue weighted by atomic mass is 9.54. The molecule has 1 spiro atoms. The number of aliphatic hydroxyl groups excluding tert-OH is 1. The van der Waals surface area contributed by atoms with E-state index in [0.29, 0.717) is 12.8 Å². The molecule has 0 amide bonds. The van der Waals surface area contributed by atoms with Crippen LogP contribution in [0, 0.1) is 5.41 Å². The van der Waals surface area contributed by atoms with Gasteiger partial charge in [0.25, 0.3) is 0 Å². The van der Waals surface area contributed by atoms with Gasteiger partial charge in [-0.3, -0.25) is 4.79 Å². The quantitative estimate of drug-likeness (QED) is 0.657. The third-order valence-electron chi connectivity index (χ3n) is 4.81. The van der Waals surface area contributed by atoms with Gasteiger partial charge in [0.05, 0.1) is 24.9 Å². The first-order valence-electron chi connectivity index (χ1n) is 6.22. The molecule has 2 bridgehead atoms. The summed E-state index contributed by atoms with van der Waals surface area (Å²) in [4.78, 5) is 12.1. The zero-order chi connectivity index (χ0) is 12.1. The Morgan fingerprint density at radius 3 is 2.59 bits per heavy atom. The lowest BCUT2D eigenvalue weighted by Crippen LogP contribution is -2.58. The molecule has 1 aliphatic carbocycles. The van der Waals surface area contributed by atoms with Crippen LogP contribution in [0.25, 0.3) is 0 Å².